The van der Waals surface area contributed by atoms with Crippen LogP contribution in [0, 0.1) is 18.8 Å². The number of carbonyl (C=O) groups excluding carboxylic acids is 1. The van der Waals surface area contributed by atoms with Crippen molar-refractivity contribution in [3.8, 4) is 11.5 Å². The van der Waals surface area contributed by atoms with E-state index in [0.29, 0.717) is 28.9 Å². The van der Waals surface area contributed by atoms with E-state index in [1.54, 1.807) is 20.3 Å². The fourth-order valence-corrected chi connectivity index (χ4v) is 3.40. The molecule has 2 heterocycles. The van der Waals surface area contributed by atoms with Gasteiger partial charge in [-0.15, -0.1) is 0 Å². The van der Waals surface area contributed by atoms with Crippen molar-refractivity contribution in [2.45, 2.75) is 6.92 Å². The first kappa shape index (κ1) is 14.2. The molecule has 2 fully saturated rings. The lowest BCUT2D eigenvalue weighted by Crippen LogP contribution is -2.32. The van der Waals surface area contributed by atoms with E-state index in [1.807, 2.05) is 17.9 Å². The number of carbonyl (C=O) groups is 1. The zero-order chi connectivity index (χ0) is 15.0. The normalized spacial score (nSPS) is 24.0. The molecule has 5 nitrogen and oxygen atoms in total. The maximum Gasteiger partial charge on any atom is 0.254 e. The Morgan fingerprint density at radius 1 is 1.14 bits per heavy atom. The second-order valence-electron chi connectivity index (χ2n) is 5.91. The number of fused-ring (bicyclic) bond motifs is 1. The summed E-state index contributed by atoms with van der Waals surface area (Å²) in [6.07, 6.45) is 0. The number of hydrogen-bond acceptors (Lipinski definition) is 4. The van der Waals surface area contributed by atoms with Gasteiger partial charge in [0, 0.05) is 31.7 Å². The monoisotopic (exact) mass is 290 g/mol. The van der Waals surface area contributed by atoms with Gasteiger partial charge in [0.25, 0.3) is 5.91 Å². The van der Waals surface area contributed by atoms with Gasteiger partial charge >= 0.3 is 0 Å². The molecule has 2 aliphatic rings. The maximum absolute atomic E-state index is 12.8. The quantitative estimate of drug-likeness (QED) is 0.912. The van der Waals surface area contributed by atoms with Gasteiger partial charge < -0.3 is 19.7 Å². The van der Waals surface area contributed by atoms with E-state index in [2.05, 4.69) is 5.32 Å². The Morgan fingerprint density at radius 3 is 2.29 bits per heavy atom. The minimum atomic E-state index is 0.0999. The molecule has 21 heavy (non-hydrogen) atoms. The van der Waals surface area contributed by atoms with Gasteiger partial charge in [-0.25, -0.2) is 0 Å². The molecule has 2 aliphatic heterocycles. The van der Waals surface area contributed by atoms with Gasteiger partial charge in [0.05, 0.1) is 14.2 Å². The van der Waals surface area contributed by atoms with Gasteiger partial charge in [0.1, 0.15) is 0 Å². The van der Waals surface area contributed by atoms with Gasteiger partial charge in [-0.3, -0.25) is 4.79 Å². The summed E-state index contributed by atoms with van der Waals surface area (Å²) >= 11 is 0. The van der Waals surface area contributed by atoms with Crippen LogP contribution in [0.15, 0.2) is 12.1 Å². The molecule has 1 N–H and O–H groups in total. The minimum absolute atomic E-state index is 0.0999. The number of rotatable bonds is 3. The second kappa shape index (κ2) is 5.56. The summed E-state index contributed by atoms with van der Waals surface area (Å²) < 4.78 is 10.6. The summed E-state index contributed by atoms with van der Waals surface area (Å²) in [5.74, 6) is 2.58. The third-order valence-corrected chi connectivity index (χ3v) is 4.64. The standard InChI is InChI=1S/C16H22N2O3/c1-10-4-14(20-2)15(21-3)5-13(10)16(19)18-8-11-6-17-7-12(11)9-18/h4-5,11-12,17H,6-9H2,1-3H3/t11-,12+. The van der Waals surface area contributed by atoms with Crippen LogP contribution in [-0.4, -0.2) is 51.2 Å². The lowest BCUT2D eigenvalue weighted by Gasteiger charge is -2.20. The predicted molar refractivity (Wildman–Crippen MR) is 80.0 cm³/mol. The van der Waals surface area contributed by atoms with E-state index >= 15 is 0 Å². The number of nitrogens with one attached hydrogen (secondary N) is 1. The Kier molecular flexibility index (Phi) is 3.76. The SMILES string of the molecule is COc1cc(C)c(C(=O)N2C[C@H]3CNC[C@H]3C2)cc1OC. The molecule has 0 spiro atoms. The maximum atomic E-state index is 12.8. The lowest BCUT2D eigenvalue weighted by molar-refractivity contribution is 0.0780. The van der Waals surface area contributed by atoms with Gasteiger partial charge in [-0.2, -0.15) is 0 Å². The van der Waals surface area contributed by atoms with E-state index in [9.17, 15) is 4.79 Å². The highest BCUT2D eigenvalue weighted by Gasteiger charge is 2.38. The summed E-state index contributed by atoms with van der Waals surface area (Å²) in [7, 11) is 3.20. The Hall–Kier alpha value is -1.75. The number of ether oxygens (including phenoxy) is 2. The molecule has 1 aromatic carbocycles. The highest BCUT2D eigenvalue weighted by atomic mass is 16.5. The molecule has 0 saturated carbocycles. The number of methoxy groups -OCH3 is 2. The molecule has 2 saturated heterocycles. The summed E-state index contributed by atoms with van der Waals surface area (Å²) in [6, 6.07) is 3.66. The van der Waals surface area contributed by atoms with Crippen molar-refractivity contribution in [1.29, 1.82) is 0 Å². The van der Waals surface area contributed by atoms with Gasteiger partial charge in [-0.05, 0) is 36.5 Å². The van der Waals surface area contributed by atoms with Crippen molar-refractivity contribution in [2.75, 3.05) is 40.4 Å². The van der Waals surface area contributed by atoms with Crippen molar-refractivity contribution in [3.05, 3.63) is 23.3 Å². The summed E-state index contributed by atoms with van der Waals surface area (Å²) in [5.41, 5.74) is 1.63. The van der Waals surface area contributed by atoms with Crippen LogP contribution >= 0.6 is 0 Å². The van der Waals surface area contributed by atoms with Crippen LogP contribution in [0.5, 0.6) is 11.5 Å². The average Bonchev–Trinajstić information content (AvgIpc) is 3.07. The van der Waals surface area contributed by atoms with Crippen molar-refractivity contribution in [2.24, 2.45) is 11.8 Å². The van der Waals surface area contributed by atoms with E-state index < -0.39 is 0 Å². The fourth-order valence-electron chi connectivity index (χ4n) is 3.40. The third kappa shape index (κ3) is 2.46. The molecule has 0 radical (unpaired) electrons. The Balaban J connectivity index is 1.84. The molecular weight excluding hydrogens is 268 g/mol. The fraction of sp³-hybridized carbons (Fsp3) is 0.562. The molecule has 0 aromatic heterocycles. The molecular formula is C16H22N2O3. The van der Waals surface area contributed by atoms with Crippen LogP contribution in [0.2, 0.25) is 0 Å². The summed E-state index contributed by atoms with van der Waals surface area (Å²) in [4.78, 5) is 14.8. The zero-order valence-electron chi connectivity index (χ0n) is 12.8. The van der Waals surface area contributed by atoms with Crippen LogP contribution in [0.4, 0.5) is 0 Å². The number of hydrogen-bond donors (Lipinski definition) is 1. The minimum Gasteiger partial charge on any atom is -0.493 e. The van der Waals surface area contributed by atoms with Crippen molar-refractivity contribution in [1.82, 2.24) is 10.2 Å². The van der Waals surface area contributed by atoms with E-state index in [0.717, 1.165) is 31.7 Å². The molecule has 1 aromatic rings. The van der Waals surface area contributed by atoms with Crippen LogP contribution < -0.4 is 14.8 Å². The molecule has 0 unspecified atom stereocenters. The first-order chi connectivity index (χ1) is 10.1. The number of benzene rings is 1. The zero-order valence-corrected chi connectivity index (χ0v) is 12.8. The van der Waals surface area contributed by atoms with Crippen LogP contribution in [0.25, 0.3) is 0 Å². The molecule has 0 aliphatic carbocycles. The van der Waals surface area contributed by atoms with E-state index in [4.69, 9.17) is 9.47 Å². The van der Waals surface area contributed by atoms with Crippen molar-refractivity contribution in [3.63, 3.8) is 0 Å². The molecule has 0 bridgehead atoms. The average molecular weight is 290 g/mol. The lowest BCUT2D eigenvalue weighted by atomic mass is 10.0. The van der Waals surface area contributed by atoms with Crippen LogP contribution in [0.1, 0.15) is 15.9 Å². The first-order valence-electron chi connectivity index (χ1n) is 7.36. The highest BCUT2D eigenvalue weighted by Crippen LogP contribution is 2.33. The van der Waals surface area contributed by atoms with Gasteiger partial charge in [0.15, 0.2) is 11.5 Å². The first-order valence-corrected chi connectivity index (χ1v) is 7.36. The molecule has 5 heteroatoms. The van der Waals surface area contributed by atoms with Crippen LogP contribution in [-0.2, 0) is 0 Å². The Labute approximate surface area is 125 Å². The van der Waals surface area contributed by atoms with Gasteiger partial charge in [-0.1, -0.05) is 0 Å². The predicted octanol–water partition coefficient (Wildman–Crippen LogP) is 1.30. The molecule has 114 valence electrons. The second-order valence-corrected chi connectivity index (χ2v) is 5.91. The number of nitrogens with zero attached hydrogens (tertiary/aromatic N) is 1. The largest absolute Gasteiger partial charge is 0.493 e. The van der Waals surface area contributed by atoms with E-state index in [1.165, 1.54) is 0 Å². The molecule has 1 amide bonds. The smallest absolute Gasteiger partial charge is 0.254 e. The topological polar surface area (TPSA) is 50.8 Å². The number of amides is 1. The number of likely N-dealkylation sites (tertiary alicyclic amines) is 1. The third-order valence-electron chi connectivity index (χ3n) is 4.64. The number of aryl methyl sites for hydroxylation is 1. The molecule has 3 rings (SSSR count). The van der Waals surface area contributed by atoms with Crippen molar-refractivity contribution < 1.29 is 14.3 Å². The summed E-state index contributed by atoms with van der Waals surface area (Å²) in [6.45, 7) is 5.70. The molecule has 2 atom stereocenters. The van der Waals surface area contributed by atoms with Crippen molar-refractivity contribution >= 4 is 5.91 Å². The highest BCUT2D eigenvalue weighted by molar-refractivity contribution is 5.96. The Morgan fingerprint density at radius 2 is 1.71 bits per heavy atom. The Bertz CT molecular complexity index is 547. The van der Waals surface area contributed by atoms with Gasteiger partial charge in [0.2, 0.25) is 0 Å². The summed E-state index contributed by atoms with van der Waals surface area (Å²) in [5, 5.41) is 3.39. The van der Waals surface area contributed by atoms with Crippen LogP contribution in [0.3, 0.4) is 0 Å². The van der Waals surface area contributed by atoms with E-state index in [-0.39, 0.29) is 5.91 Å².